The lowest BCUT2D eigenvalue weighted by atomic mass is 10.1. The van der Waals surface area contributed by atoms with Crippen molar-refractivity contribution < 1.29 is 5.21 Å². The zero-order valence-corrected chi connectivity index (χ0v) is 9.09. The van der Waals surface area contributed by atoms with Gasteiger partial charge in [0.05, 0.1) is 10.7 Å². The molecule has 16 heavy (non-hydrogen) atoms. The van der Waals surface area contributed by atoms with Gasteiger partial charge in [-0.25, -0.2) is 0 Å². The van der Waals surface area contributed by atoms with Crippen LogP contribution in [0.3, 0.4) is 0 Å². The van der Waals surface area contributed by atoms with Gasteiger partial charge in [-0.15, -0.1) is 0 Å². The molecule has 0 aliphatic heterocycles. The molecule has 0 atom stereocenters. The first-order valence-corrected chi connectivity index (χ1v) is 5.09. The van der Waals surface area contributed by atoms with Gasteiger partial charge in [0.25, 0.3) is 0 Å². The zero-order chi connectivity index (χ0) is 11.4. The third kappa shape index (κ3) is 2.04. The van der Waals surface area contributed by atoms with Crippen LogP contribution in [-0.4, -0.2) is 15.9 Å². The maximum absolute atomic E-state index is 9.05. The summed E-state index contributed by atoms with van der Waals surface area (Å²) in [6, 6.07) is 12.6. The Balaban J connectivity index is 2.51. The molecule has 0 saturated heterocycles. The number of hydrogen-bond acceptors (Lipinski definition) is 3. The van der Waals surface area contributed by atoms with E-state index < -0.39 is 0 Å². The first-order chi connectivity index (χ1) is 7.83. The van der Waals surface area contributed by atoms with Crippen LogP contribution >= 0.6 is 11.6 Å². The number of halogens is 1. The van der Waals surface area contributed by atoms with E-state index in [2.05, 4.69) is 10.1 Å². The minimum atomic E-state index is 0.367. The van der Waals surface area contributed by atoms with E-state index in [0.29, 0.717) is 22.0 Å². The summed E-state index contributed by atoms with van der Waals surface area (Å²) >= 11 is 6.03. The average Bonchev–Trinajstić information content (AvgIpc) is 2.34. The summed E-state index contributed by atoms with van der Waals surface area (Å²) < 4.78 is 0. The summed E-state index contributed by atoms with van der Waals surface area (Å²) in [4.78, 5) is 4.12. The van der Waals surface area contributed by atoms with E-state index in [9.17, 15) is 0 Å². The lowest BCUT2D eigenvalue weighted by Crippen LogP contribution is -2.06. The van der Waals surface area contributed by atoms with E-state index in [1.807, 2.05) is 18.2 Å². The fourth-order valence-corrected chi connectivity index (χ4v) is 1.62. The number of pyridine rings is 1. The smallest absolute Gasteiger partial charge is 0.136 e. The molecule has 2 aromatic rings. The topological polar surface area (TPSA) is 45.5 Å². The molecule has 4 heteroatoms. The van der Waals surface area contributed by atoms with Gasteiger partial charge >= 0.3 is 0 Å². The summed E-state index contributed by atoms with van der Waals surface area (Å²) in [5, 5.41) is 12.8. The average molecular weight is 233 g/mol. The molecule has 0 aliphatic rings. The molecular weight excluding hydrogens is 224 g/mol. The van der Waals surface area contributed by atoms with E-state index in [1.54, 1.807) is 30.5 Å². The maximum atomic E-state index is 9.05. The van der Waals surface area contributed by atoms with Crippen molar-refractivity contribution in [3.63, 3.8) is 0 Å². The van der Waals surface area contributed by atoms with Crippen LogP contribution < -0.4 is 0 Å². The minimum Gasteiger partial charge on any atom is -0.410 e. The van der Waals surface area contributed by atoms with E-state index in [1.165, 1.54) is 0 Å². The third-order valence-electron chi connectivity index (χ3n) is 2.14. The van der Waals surface area contributed by atoms with Crippen molar-refractivity contribution in [2.24, 2.45) is 5.16 Å². The lowest BCUT2D eigenvalue weighted by Gasteiger charge is -2.05. The van der Waals surface area contributed by atoms with Gasteiger partial charge in [-0.1, -0.05) is 41.0 Å². The molecule has 0 fully saturated rings. The van der Waals surface area contributed by atoms with Crippen LogP contribution in [-0.2, 0) is 0 Å². The van der Waals surface area contributed by atoms with Crippen LogP contribution in [0.15, 0.2) is 53.8 Å². The van der Waals surface area contributed by atoms with Crippen molar-refractivity contribution in [1.82, 2.24) is 4.98 Å². The highest BCUT2D eigenvalue weighted by Crippen LogP contribution is 2.18. The molecule has 1 N–H and O–H groups in total. The second kappa shape index (κ2) is 4.77. The van der Waals surface area contributed by atoms with Crippen molar-refractivity contribution in [1.29, 1.82) is 0 Å². The number of hydrogen-bond donors (Lipinski definition) is 1. The van der Waals surface area contributed by atoms with E-state index >= 15 is 0 Å². The number of benzene rings is 1. The Kier molecular flexibility index (Phi) is 3.17. The monoisotopic (exact) mass is 232 g/mol. The lowest BCUT2D eigenvalue weighted by molar-refractivity contribution is 0.319. The predicted octanol–water partition coefficient (Wildman–Crippen LogP) is 2.96. The molecule has 0 unspecified atom stereocenters. The van der Waals surface area contributed by atoms with Gasteiger partial charge in [-0.2, -0.15) is 0 Å². The molecule has 0 bridgehead atoms. The molecule has 2 rings (SSSR count). The molecule has 0 spiro atoms. The number of rotatable bonds is 2. The fourth-order valence-electron chi connectivity index (χ4n) is 1.40. The standard InChI is InChI=1S/C12H9ClN2O/c13-10-6-2-1-5-9(10)12(15-16)11-7-3-4-8-14-11/h1-8,16H. The van der Waals surface area contributed by atoms with Crippen molar-refractivity contribution in [2.75, 3.05) is 0 Å². The quantitative estimate of drug-likeness (QED) is 0.492. The van der Waals surface area contributed by atoms with Crippen LogP contribution in [0.4, 0.5) is 0 Å². The molecule has 1 aromatic carbocycles. The van der Waals surface area contributed by atoms with Gasteiger partial charge in [-0.3, -0.25) is 4.98 Å². The van der Waals surface area contributed by atoms with Crippen LogP contribution in [0.5, 0.6) is 0 Å². The zero-order valence-electron chi connectivity index (χ0n) is 8.34. The summed E-state index contributed by atoms with van der Waals surface area (Å²) in [6.45, 7) is 0. The minimum absolute atomic E-state index is 0.367. The normalized spacial score (nSPS) is 11.4. The maximum Gasteiger partial charge on any atom is 0.136 e. The molecular formula is C12H9ClN2O. The van der Waals surface area contributed by atoms with Crippen molar-refractivity contribution in [3.8, 4) is 0 Å². The molecule has 0 radical (unpaired) electrons. The Morgan fingerprint density at radius 2 is 1.88 bits per heavy atom. The van der Waals surface area contributed by atoms with Crippen LogP contribution in [0.2, 0.25) is 5.02 Å². The summed E-state index contributed by atoms with van der Waals surface area (Å²) in [6.07, 6.45) is 1.64. The van der Waals surface area contributed by atoms with Crippen LogP contribution in [0.25, 0.3) is 0 Å². The Morgan fingerprint density at radius 1 is 1.12 bits per heavy atom. The first-order valence-electron chi connectivity index (χ1n) is 4.71. The molecule has 0 amide bonds. The largest absolute Gasteiger partial charge is 0.410 e. The highest BCUT2D eigenvalue weighted by atomic mass is 35.5. The summed E-state index contributed by atoms with van der Waals surface area (Å²) in [5.41, 5.74) is 1.61. The van der Waals surface area contributed by atoms with E-state index in [0.717, 1.165) is 0 Å². The van der Waals surface area contributed by atoms with E-state index in [-0.39, 0.29) is 0 Å². The van der Waals surface area contributed by atoms with Crippen LogP contribution in [0, 0.1) is 0 Å². The second-order valence-corrected chi connectivity index (χ2v) is 3.55. The van der Waals surface area contributed by atoms with Crippen molar-refractivity contribution >= 4 is 17.3 Å². The number of nitrogens with zero attached hydrogens (tertiary/aromatic N) is 2. The predicted molar refractivity (Wildman–Crippen MR) is 63.1 cm³/mol. The fraction of sp³-hybridized carbons (Fsp3) is 0. The van der Waals surface area contributed by atoms with Crippen LogP contribution in [0.1, 0.15) is 11.3 Å². The molecule has 3 nitrogen and oxygen atoms in total. The summed E-state index contributed by atoms with van der Waals surface area (Å²) in [5.74, 6) is 0. The van der Waals surface area contributed by atoms with Crippen molar-refractivity contribution in [2.45, 2.75) is 0 Å². The molecule has 80 valence electrons. The van der Waals surface area contributed by atoms with Gasteiger partial charge < -0.3 is 5.21 Å². The Labute approximate surface area is 98.0 Å². The molecule has 1 aromatic heterocycles. The van der Waals surface area contributed by atoms with Gasteiger partial charge in [0.1, 0.15) is 5.71 Å². The Morgan fingerprint density at radius 3 is 2.50 bits per heavy atom. The van der Waals surface area contributed by atoms with Gasteiger partial charge in [-0.05, 0) is 18.2 Å². The molecule has 0 aliphatic carbocycles. The number of oxime groups is 1. The second-order valence-electron chi connectivity index (χ2n) is 3.14. The molecule has 0 saturated carbocycles. The van der Waals surface area contributed by atoms with Gasteiger partial charge in [0.15, 0.2) is 0 Å². The Hall–Kier alpha value is -1.87. The summed E-state index contributed by atoms with van der Waals surface area (Å²) in [7, 11) is 0. The van der Waals surface area contributed by atoms with Gasteiger partial charge in [0, 0.05) is 11.8 Å². The highest BCUT2D eigenvalue weighted by molar-refractivity contribution is 6.35. The van der Waals surface area contributed by atoms with Gasteiger partial charge in [0.2, 0.25) is 0 Å². The third-order valence-corrected chi connectivity index (χ3v) is 2.47. The first kappa shape index (κ1) is 10.6. The SMILES string of the molecule is ON=C(c1ccccn1)c1ccccc1Cl. The highest BCUT2D eigenvalue weighted by Gasteiger charge is 2.11. The van der Waals surface area contributed by atoms with Crippen molar-refractivity contribution in [3.05, 3.63) is 64.9 Å². The Bertz CT molecular complexity index is 511. The van der Waals surface area contributed by atoms with E-state index in [4.69, 9.17) is 16.8 Å². The number of aromatic nitrogens is 1. The molecule has 1 heterocycles.